The molecule has 2 atom stereocenters. The predicted molar refractivity (Wildman–Crippen MR) is 126 cm³/mol. The first-order chi connectivity index (χ1) is 15.1. The number of nitrogens with zero attached hydrogens (tertiary/aromatic N) is 5. The predicted octanol–water partition coefficient (Wildman–Crippen LogP) is 4.51. The van der Waals surface area contributed by atoms with E-state index in [1.807, 2.05) is 54.3 Å². The highest BCUT2D eigenvalue weighted by Crippen LogP contribution is 2.42. The Bertz CT molecular complexity index is 1190. The van der Waals surface area contributed by atoms with Gasteiger partial charge in [-0.3, -0.25) is 14.5 Å². The first-order valence-corrected chi connectivity index (χ1v) is 11.4. The van der Waals surface area contributed by atoms with Gasteiger partial charge in [-0.05, 0) is 62.0 Å². The minimum absolute atomic E-state index is 0.00989. The van der Waals surface area contributed by atoms with Gasteiger partial charge in [-0.25, -0.2) is 4.98 Å². The summed E-state index contributed by atoms with van der Waals surface area (Å²) in [6.45, 7) is 4.90. The van der Waals surface area contributed by atoms with Crippen LogP contribution in [-0.2, 0) is 6.54 Å². The minimum Gasteiger partial charge on any atom is -0.352 e. The van der Waals surface area contributed by atoms with E-state index in [2.05, 4.69) is 55.7 Å². The molecule has 1 aliphatic rings. The highest BCUT2D eigenvalue weighted by atomic mass is 32.1. The van der Waals surface area contributed by atoms with E-state index in [1.165, 1.54) is 5.56 Å². The van der Waals surface area contributed by atoms with Gasteiger partial charge in [-0.15, -0.1) is 11.3 Å². The number of hydrogen-bond acceptors (Lipinski definition) is 5. The van der Waals surface area contributed by atoms with E-state index in [0.717, 1.165) is 27.9 Å². The van der Waals surface area contributed by atoms with Crippen LogP contribution in [0.3, 0.4) is 0 Å². The van der Waals surface area contributed by atoms with Crippen LogP contribution in [-0.4, -0.2) is 29.5 Å². The van der Waals surface area contributed by atoms with Gasteiger partial charge in [0.1, 0.15) is 0 Å². The second kappa shape index (κ2) is 8.20. The lowest BCUT2D eigenvalue weighted by Gasteiger charge is -2.27. The standard InChI is InChI=1S/C23H22N6S2/c1-15-13-18(16(2)29(15)23-26-11-12-31-23)21-20(19-8-4-6-10-25-19)27-22(30)28(21)14-17-7-3-5-9-24-17/h3-13,20-21H,14H2,1-2H3,(H,27,30)/t20-,21+/m1/s1. The van der Waals surface area contributed by atoms with E-state index in [4.69, 9.17) is 12.2 Å². The molecule has 0 saturated carbocycles. The Morgan fingerprint density at radius 2 is 1.84 bits per heavy atom. The first-order valence-electron chi connectivity index (χ1n) is 10.1. The second-order valence-electron chi connectivity index (χ2n) is 7.55. The largest absolute Gasteiger partial charge is 0.352 e. The zero-order valence-electron chi connectivity index (χ0n) is 17.3. The van der Waals surface area contributed by atoms with Crippen molar-refractivity contribution in [3.05, 3.63) is 94.8 Å². The molecular formula is C23H22N6S2. The summed E-state index contributed by atoms with van der Waals surface area (Å²) in [5, 5.41) is 7.21. The molecule has 4 aromatic heterocycles. The molecule has 0 bridgehead atoms. The van der Waals surface area contributed by atoms with Gasteiger partial charge in [0, 0.05) is 35.4 Å². The minimum atomic E-state index is -0.0531. The van der Waals surface area contributed by atoms with Crippen LogP contribution in [0, 0.1) is 13.8 Å². The monoisotopic (exact) mass is 446 g/mol. The van der Waals surface area contributed by atoms with Crippen LogP contribution in [0.2, 0.25) is 0 Å². The van der Waals surface area contributed by atoms with E-state index in [-0.39, 0.29) is 12.1 Å². The molecule has 1 N–H and O–H groups in total. The molecule has 0 radical (unpaired) electrons. The van der Waals surface area contributed by atoms with Gasteiger partial charge in [-0.1, -0.05) is 12.1 Å². The number of pyridine rings is 2. The molecule has 1 aliphatic heterocycles. The third-order valence-corrected chi connectivity index (χ3v) is 6.76. The topological polar surface area (TPSA) is 58.9 Å². The molecule has 6 nitrogen and oxygen atoms in total. The van der Waals surface area contributed by atoms with Gasteiger partial charge >= 0.3 is 0 Å². The summed E-state index contributed by atoms with van der Waals surface area (Å²) in [5.41, 5.74) is 5.48. The molecule has 5 rings (SSSR count). The van der Waals surface area contributed by atoms with Crippen LogP contribution >= 0.6 is 23.6 Å². The SMILES string of the molecule is Cc1cc([C@H]2[C@@H](c3ccccn3)NC(=S)N2Cc2ccccn2)c(C)n1-c1nccs1. The fourth-order valence-corrected chi connectivity index (χ4v) is 5.34. The molecule has 0 aliphatic carbocycles. The number of rotatable bonds is 5. The average molecular weight is 447 g/mol. The molecule has 8 heteroatoms. The lowest BCUT2D eigenvalue weighted by molar-refractivity contribution is 0.307. The maximum atomic E-state index is 5.80. The van der Waals surface area contributed by atoms with Gasteiger partial charge in [0.25, 0.3) is 0 Å². The van der Waals surface area contributed by atoms with Gasteiger partial charge in [-0.2, -0.15) is 0 Å². The highest BCUT2D eigenvalue weighted by Gasteiger charge is 2.41. The normalized spacial score (nSPS) is 18.4. The number of hydrogen-bond donors (Lipinski definition) is 1. The summed E-state index contributed by atoms with van der Waals surface area (Å²) in [4.78, 5) is 15.9. The molecule has 1 saturated heterocycles. The second-order valence-corrected chi connectivity index (χ2v) is 8.81. The van der Waals surface area contributed by atoms with Gasteiger partial charge in [0.15, 0.2) is 10.2 Å². The Kier molecular flexibility index (Phi) is 5.25. The Morgan fingerprint density at radius 3 is 2.52 bits per heavy atom. The van der Waals surface area contributed by atoms with Crippen molar-refractivity contribution >= 4 is 28.7 Å². The zero-order valence-corrected chi connectivity index (χ0v) is 18.9. The number of thiocarbonyl (C=S) groups is 1. The maximum Gasteiger partial charge on any atom is 0.193 e. The van der Waals surface area contributed by atoms with Crippen LogP contribution in [0.5, 0.6) is 0 Å². The molecule has 0 spiro atoms. The lowest BCUT2D eigenvalue weighted by atomic mass is 9.96. The fraction of sp³-hybridized carbons (Fsp3) is 0.217. The molecule has 156 valence electrons. The Balaban J connectivity index is 1.62. The van der Waals surface area contributed by atoms with Crippen molar-refractivity contribution in [3.63, 3.8) is 0 Å². The van der Waals surface area contributed by atoms with E-state index in [1.54, 1.807) is 11.3 Å². The average Bonchev–Trinajstić information content (AvgIpc) is 3.49. The quantitative estimate of drug-likeness (QED) is 0.455. The summed E-state index contributed by atoms with van der Waals surface area (Å²) < 4.78 is 2.22. The molecule has 4 aromatic rings. The summed E-state index contributed by atoms with van der Waals surface area (Å²) in [6, 6.07) is 14.2. The summed E-state index contributed by atoms with van der Waals surface area (Å²) >= 11 is 7.43. The van der Waals surface area contributed by atoms with E-state index in [9.17, 15) is 0 Å². The van der Waals surface area contributed by atoms with Crippen molar-refractivity contribution in [2.45, 2.75) is 32.5 Å². The molecule has 1 fully saturated rings. The molecule has 31 heavy (non-hydrogen) atoms. The number of aromatic nitrogens is 4. The van der Waals surface area contributed by atoms with Gasteiger partial charge in [0.2, 0.25) is 0 Å². The van der Waals surface area contributed by atoms with Crippen molar-refractivity contribution in [3.8, 4) is 5.13 Å². The van der Waals surface area contributed by atoms with Crippen LogP contribution < -0.4 is 5.32 Å². The summed E-state index contributed by atoms with van der Waals surface area (Å²) in [5.74, 6) is 0. The fourth-order valence-electron chi connectivity index (χ4n) is 4.29. The summed E-state index contributed by atoms with van der Waals surface area (Å²) in [6.07, 6.45) is 5.49. The Labute approximate surface area is 190 Å². The highest BCUT2D eigenvalue weighted by molar-refractivity contribution is 7.80. The lowest BCUT2D eigenvalue weighted by Crippen LogP contribution is -2.29. The van der Waals surface area contributed by atoms with Crippen molar-refractivity contribution in [1.82, 2.24) is 29.7 Å². The molecule has 0 amide bonds. The number of thiazole rings is 1. The van der Waals surface area contributed by atoms with Crippen molar-refractivity contribution in [2.24, 2.45) is 0 Å². The van der Waals surface area contributed by atoms with Crippen LogP contribution in [0.25, 0.3) is 5.13 Å². The number of nitrogens with one attached hydrogen (secondary N) is 1. The summed E-state index contributed by atoms with van der Waals surface area (Å²) in [7, 11) is 0. The van der Waals surface area contributed by atoms with E-state index in [0.29, 0.717) is 11.7 Å². The number of aryl methyl sites for hydroxylation is 1. The maximum absolute atomic E-state index is 5.80. The van der Waals surface area contributed by atoms with Crippen molar-refractivity contribution < 1.29 is 0 Å². The zero-order chi connectivity index (χ0) is 21.4. The van der Waals surface area contributed by atoms with Crippen LogP contribution in [0.15, 0.2) is 66.4 Å². The smallest absolute Gasteiger partial charge is 0.193 e. The van der Waals surface area contributed by atoms with Crippen molar-refractivity contribution in [1.29, 1.82) is 0 Å². The Hall–Kier alpha value is -3.10. The van der Waals surface area contributed by atoms with Gasteiger partial charge < -0.3 is 10.2 Å². The third kappa shape index (κ3) is 3.62. The molecule has 5 heterocycles. The molecule has 0 unspecified atom stereocenters. The molecular weight excluding hydrogens is 424 g/mol. The van der Waals surface area contributed by atoms with Crippen LogP contribution in [0.4, 0.5) is 0 Å². The first kappa shape index (κ1) is 19.8. The van der Waals surface area contributed by atoms with Gasteiger partial charge in [0.05, 0.1) is 30.0 Å². The Morgan fingerprint density at radius 1 is 1.03 bits per heavy atom. The van der Waals surface area contributed by atoms with Crippen molar-refractivity contribution in [2.75, 3.05) is 0 Å². The van der Waals surface area contributed by atoms with E-state index < -0.39 is 0 Å². The third-order valence-electron chi connectivity index (χ3n) is 5.66. The van der Waals surface area contributed by atoms with Crippen LogP contribution in [0.1, 0.15) is 40.4 Å². The molecule has 0 aromatic carbocycles. The van der Waals surface area contributed by atoms with E-state index >= 15 is 0 Å².